The topological polar surface area (TPSA) is 59.1 Å². The summed E-state index contributed by atoms with van der Waals surface area (Å²) < 4.78 is 37.7. The van der Waals surface area contributed by atoms with Crippen molar-refractivity contribution in [1.29, 1.82) is 0 Å². The van der Waals surface area contributed by atoms with Crippen molar-refractivity contribution in [2.75, 3.05) is 5.73 Å². The Labute approximate surface area is 101 Å². The molecule has 0 saturated carbocycles. The first kappa shape index (κ1) is 12.2. The van der Waals surface area contributed by atoms with Gasteiger partial charge in [-0.3, -0.25) is 4.98 Å². The molecule has 0 saturated heterocycles. The molecule has 1 aromatic carbocycles. The number of phenolic OH excluding ortho intramolecular Hbond substituents is 1. The number of benzene rings is 1. The molecule has 3 nitrogen and oxygen atoms in total. The first-order valence-corrected chi connectivity index (χ1v) is 5.00. The van der Waals surface area contributed by atoms with Crippen LogP contribution in [0.1, 0.15) is 5.56 Å². The van der Waals surface area contributed by atoms with E-state index in [-0.39, 0.29) is 22.7 Å². The van der Waals surface area contributed by atoms with Crippen molar-refractivity contribution in [3.63, 3.8) is 0 Å². The molecule has 0 spiro atoms. The van der Waals surface area contributed by atoms with Crippen molar-refractivity contribution in [1.82, 2.24) is 4.98 Å². The second-order valence-electron chi connectivity index (χ2n) is 3.70. The fourth-order valence-electron chi connectivity index (χ4n) is 1.52. The lowest BCUT2D eigenvalue weighted by atomic mass is 10.1. The molecule has 3 N–H and O–H groups in total. The maximum Gasteiger partial charge on any atom is 0.416 e. The van der Waals surface area contributed by atoms with Crippen molar-refractivity contribution in [3.8, 4) is 17.0 Å². The molecule has 0 aliphatic carbocycles. The van der Waals surface area contributed by atoms with Gasteiger partial charge in [0.1, 0.15) is 5.75 Å². The van der Waals surface area contributed by atoms with Crippen LogP contribution in [0.3, 0.4) is 0 Å². The molecule has 0 unspecified atom stereocenters. The first-order chi connectivity index (χ1) is 8.38. The van der Waals surface area contributed by atoms with Gasteiger partial charge in [0.05, 0.1) is 11.3 Å². The van der Waals surface area contributed by atoms with Gasteiger partial charge in [-0.25, -0.2) is 0 Å². The Morgan fingerprint density at radius 2 is 1.83 bits per heavy atom. The molecule has 0 radical (unpaired) electrons. The largest absolute Gasteiger partial charge is 0.508 e. The number of hydrogen-bond donors (Lipinski definition) is 2. The molecule has 0 bridgehead atoms. The Balaban J connectivity index is 2.55. The standard InChI is InChI=1S/C12H9F3N2O/c13-12(14,15)7-3-4-17-11(5-7)9-6-8(18)1-2-10(9)16/h1-6,18H,16H2. The molecular formula is C12H9F3N2O. The van der Waals surface area contributed by atoms with E-state index < -0.39 is 11.7 Å². The molecule has 2 aromatic rings. The van der Waals surface area contributed by atoms with E-state index in [1.807, 2.05) is 0 Å². The van der Waals surface area contributed by atoms with Crippen LogP contribution in [0.15, 0.2) is 36.5 Å². The third kappa shape index (κ3) is 2.37. The van der Waals surface area contributed by atoms with Crippen molar-refractivity contribution in [2.24, 2.45) is 0 Å². The zero-order chi connectivity index (χ0) is 13.3. The Morgan fingerprint density at radius 3 is 2.50 bits per heavy atom. The molecule has 18 heavy (non-hydrogen) atoms. The van der Waals surface area contributed by atoms with Gasteiger partial charge in [-0.1, -0.05) is 0 Å². The molecular weight excluding hydrogens is 245 g/mol. The van der Waals surface area contributed by atoms with E-state index in [9.17, 15) is 18.3 Å². The lowest BCUT2D eigenvalue weighted by molar-refractivity contribution is -0.137. The van der Waals surface area contributed by atoms with E-state index >= 15 is 0 Å². The summed E-state index contributed by atoms with van der Waals surface area (Å²) in [6, 6.07) is 5.81. The first-order valence-electron chi connectivity index (χ1n) is 5.00. The third-order valence-electron chi connectivity index (χ3n) is 2.40. The summed E-state index contributed by atoms with van der Waals surface area (Å²) in [6.07, 6.45) is -3.38. The smallest absolute Gasteiger partial charge is 0.416 e. The molecule has 0 fully saturated rings. The average molecular weight is 254 g/mol. The zero-order valence-electron chi connectivity index (χ0n) is 9.07. The van der Waals surface area contributed by atoms with Gasteiger partial charge in [0.15, 0.2) is 0 Å². The highest BCUT2D eigenvalue weighted by Crippen LogP contribution is 2.33. The highest BCUT2D eigenvalue weighted by atomic mass is 19.4. The predicted octanol–water partition coefficient (Wildman–Crippen LogP) is 3.06. The van der Waals surface area contributed by atoms with Gasteiger partial charge in [-0.15, -0.1) is 0 Å². The van der Waals surface area contributed by atoms with Crippen LogP contribution in [0.25, 0.3) is 11.3 Å². The molecule has 1 aromatic heterocycles. The molecule has 0 atom stereocenters. The maximum absolute atomic E-state index is 12.6. The van der Waals surface area contributed by atoms with E-state index in [0.717, 1.165) is 18.3 Å². The second kappa shape index (κ2) is 4.21. The number of nitrogen functional groups attached to an aromatic ring is 1. The van der Waals surface area contributed by atoms with Crippen LogP contribution >= 0.6 is 0 Å². The summed E-state index contributed by atoms with van der Waals surface area (Å²) in [5, 5.41) is 9.32. The SMILES string of the molecule is Nc1ccc(O)cc1-c1cc(C(F)(F)F)ccn1. The molecule has 0 amide bonds. The quantitative estimate of drug-likeness (QED) is 0.607. The van der Waals surface area contributed by atoms with Gasteiger partial charge in [0.2, 0.25) is 0 Å². The van der Waals surface area contributed by atoms with E-state index in [2.05, 4.69) is 4.98 Å². The summed E-state index contributed by atoms with van der Waals surface area (Å²) in [5.41, 5.74) is 5.42. The summed E-state index contributed by atoms with van der Waals surface area (Å²) in [6.45, 7) is 0. The van der Waals surface area contributed by atoms with Crippen LogP contribution in [0, 0.1) is 0 Å². The van der Waals surface area contributed by atoms with Crippen LogP contribution in [-0.4, -0.2) is 10.1 Å². The minimum atomic E-state index is -4.44. The van der Waals surface area contributed by atoms with Crippen LogP contribution < -0.4 is 5.73 Å². The van der Waals surface area contributed by atoms with E-state index in [1.165, 1.54) is 18.2 Å². The molecule has 0 aliphatic rings. The van der Waals surface area contributed by atoms with Gasteiger partial charge in [0, 0.05) is 17.4 Å². The number of rotatable bonds is 1. The summed E-state index contributed by atoms with van der Waals surface area (Å²) >= 11 is 0. The number of aromatic nitrogens is 1. The fourth-order valence-corrected chi connectivity index (χ4v) is 1.52. The minimum absolute atomic E-state index is 0.0678. The third-order valence-corrected chi connectivity index (χ3v) is 2.40. The monoisotopic (exact) mass is 254 g/mol. The number of halogens is 3. The van der Waals surface area contributed by atoms with Crippen molar-refractivity contribution in [2.45, 2.75) is 6.18 Å². The van der Waals surface area contributed by atoms with E-state index in [4.69, 9.17) is 5.73 Å². The number of anilines is 1. The summed E-state index contributed by atoms with van der Waals surface area (Å²) in [5.74, 6) is -0.0848. The number of hydrogen-bond acceptors (Lipinski definition) is 3. The number of alkyl halides is 3. The Kier molecular flexibility index (Phi) is 2.86. The number of nitrogens with zero attached hydrogens (tertiary/aromatic N) is 1. The molecule has 0 aliphatic heterocycles. The molecule has 6 heteroatoms. The fraction of sp³-hybridized carbons (Fsp3) is 0.0833. The highest BCUT2D eigenvalue weighted by Gasteiger charge is 2.30. The van der Waals surface area contributed by atoms with Crippen molar-refractivity contribution in [3.05, 3.63) is 42.1 Å². The van der Waals surface area contributed by atoms with E-state index in [0.29, 0.717) is 0 Å². The maximum atomic E-state index is 12.6. The van der Waals surface area contributed by atoms with Crippen molar-refractivity contribution >= 4 is 5.69 Å². The van der Waals surface area contributed by atoms with Crippen LogP contribution in [0.4, 0.5) is 18.9 Å². The second-order valence-corrected chi connectivity index (χ2v) is 3.70. The Bertz CT molecular complexity index is 582. The lowest BCUT2D eigenvalue weighted by Gasteiger charge is -2.09. The predicted molar refractivity (Wildman–Crippen MR) is 60.8 cm³/mol. The number of aromatic hydroxyl groups is 1. The number of pyridine rings is 1. The summed E-state index contributed by atoms with van der Waals surface area (Å²) in [7, 11) is 0. The zero-order valence-corrected chi connectivity index (χ0v) is 9.07. The van der Waals surface area contributed by atoms with Crippen LogP contribution in [0.5, 0.6) is 5.75 Å². The number of nitrogens with two attached hydrogens (primary N) is 1. The van der Waals surface area contributed by atoms with Gasteiger partial charge >= 0.3 is 6.18 Å². The van der Waals surface area contributed by atoms with Gasteiger partial charge in [-0.2, -0.15) is 13.2 Å². The highest BCUT2D eigenvalue weighted by molar-refractivity contribution is 5.75. The minimum Gasteiger partial charge on any atom is -0.508 e. The Morgan fingerprint density at radius 1 is 1.11 bits per heavy atom. The van der Waals surface area contributed by atoms with Crippen LogP contribution in [-0.2, 0) is 6.18 Å². The summed E-state index contributed by atoms with van der Waals surface area (Å²) in [4.78, 5) is 3.83. The average Bonchev–Trinajstić information content (AvgIpc) is 2.31. The normalized spacial score (nSPS) is 11.5. The van der Waals surface area contributed by atoms with Crippen molar-refractivity contribution < 1.29 is 18.3 Å². The van der Waals surface area contributed by atoms with Gasteiger partial charge < -0.3 is 10.8 Å². The number of phenols is 1. The van der Waals surface area contributed by atoms with Gasteiger partial charge in [0.25, 0.3) is 0 Å². The molecule has 1 heterocycles. The van der Waals surface area contributed by atoms with Crippen LogP contribution in [0.2, 0.25) is 0 Å². The van der Waals surface area contributed by atoms with Gasteiger partial charge in [-0.05, 0) is 30.3 Å². The van der Waals surface area contributed by atoms with E-state index in [1.54, 1.807) is 0 Å². The Hall–Kier alpha value is -2.24. The molecule has 94 valence electrons. The lowest BCUT2D eigenvalue weighted by Crippen LogP contribution is -2.05. The molecule has 2 rings (SSSR count).